The number of anilines is 1. The molecule has 0 spiro atoms. The third-order valence-corrected chi connectivity index (χ3v) is 6.47. The Morgan fingerprint density at radius 1 is 1.06 bits per heavy atom. The number of likely N-dealkylation sites (tertiary alicyclic amines) is 1. The molecule has 1 saturated heterocycles. The summed E-state index contributed by atoms with van der Waals surface area (Å²) in [7, 11) is 1.72. The fourth-order valence-corrected chi connectivity index (χ4v) is 4.50. The second-order valence-electron chi connectivity index (χ2n) is 9.05. The third kappa shape index (κ3) is 6.32. The van der Waals surface area contributed by atoms with Crippen molar-refractivity contribution in [3.8, 4) is 22.6 Å². The molecule has 1 unspecified atom stereocenters. The summed E-state index contributed by atoms with van der Waals surface area (Å²) in [5.41, 5.74) is 11.7. The van der Waals surface area contributed by atoms with Gasteiger partial charge in [-0.15, -0.1) is 0 Å². The number of hydrogen-bond donors (Lipinski definition) is 4. The minimum absolute atomic E-state index is 0.141. The van der Waals surface area contributed by atoms with Crippen LogP contribution >= 0.6 is 0 Å². The fourth-order valence-electron chi connectivity index (χ4n) is 4.50. The monoisotopic (exact) mass is 475 g/mol. The molecule has 0 aromatic heterocycles. The zero-order valence-corrected chi connectivity index (χ0v) is 20.0. The molecule has 0 bridgehead atoms. The van der Waals surface area contributed by atoms with Crippen molar-refractivity contribution in [3.05, 3.63) is 77.4 Å². The topological polar surface area (TPSA) is 108 Å². The van der Waals surface area contributed by atoms with E-state index in [1.165, 1.54) is 18.4 Å². The summed E-state index contributed by atoms with van der Waals surface area (Å²) in [5.74, 6) is 0.0703. The maximum absolute atomic E-state index is 10.9. The summed E-state index contributed by atoms with van der Waals surface area (Å²) in [6.07, 6.45) is 3.22. The van der Waals surface area contributed by atoms with Gasteiger partial charge in [-0.2, -0.15) is 0 Å². The number of nitrogens with zero attached hydrogens (tertiary/aromatic N) is 1. The molecular weight excluding hydrogens is 442 g/mol. The predicted octanol–water partition coefficient (Wildman–Crippen LogP) is 4.08. The van der Waals surface area contributed by atoms with Gasteiger partial charge in [-0.3, -0.25) is 9.69 Å². The Labute approximate surface area is 206 Å². The molecule has 5 N–H and O–H groups in total. The summed E-state index contributed by atoms with van der Waals surface area (Å²) < 4.78 is 5.72. The predicted molar refractivity (Wildman–Crippen MR) is 138 cm³/mol. The van der Waals surface area contributed by atoms with E-state index in [9.17, 15) is 9.90 Å². The second kappa shape index (κ2) is 11.3. The van der Waals surface area contributed by atoms with Gasteiger partial charge in [0.1, 0.15) is 17.5 Å². The van der Waals surface area contributed by atoms with Crippen LogP contribution in [0.5, 0.6) is 11.5 Å². The summed E-state index contributed by atoms with van der Waals surface area (Å²) >= 11 is 0. The molecular formula is C28H33N3O4. The maximum atomic E-state index is 10.9. The van der Waals surface area contributed by atoms with Crippen LogP contribution in [0, 0.1) is 0 Å². The number of carboxylic acids is 1. The number of aromatic hydroxyl groups is 1. The van der Waals surface area contributed by atoms with Gasteiger partial charge >= 0.3 is 5.97 Å². The van der Waals surface area contributed by atoms with Crippen LogP contribution in [-0.2, 0) is 17.8 Å². The molecule has 35 heavy (non-hydrogen) atoms. The Balaban J connectivity index is 1.52. The summed E-state index contributed by atoms with van der Waals surface area (Å²) in [6, 6.07) is 18.6. The number of phenolic OH excluding ortho intramolecular Hbond substituents is 1. The molecule has 1 aliphatic rings. The molecule has 0 radical (unpaired) electrons. The summed E-state index contributed by atoms with van der Waals surface area (Å²) in [5, 5.41) is 22.1. The average Bonchev–Trinajstić information content (AvgIpc) is 3.38. The molecule has 1 atom stereocenters. The molecule has 184 valence electrons. The fraction of sp³-hybridized carbons (Fsp3) is 0.321. The van der Waals surface area contributed by atoms with Crippen LogP contribution in [0.25, 0.3) is 11.1 Å². The molecule has 1 fully saturated rings. The molecule has 1 aliphatic heterocycles. The first-order valence-electron chi connectivity index (χ1n) is 12.0. The Bertz CT molecular complexity index is 1160. The van der Waals surface area contributed by atoms with Crippen molar-refractivity contribution in [2.45, 2.75) is 31.8 Å². The van der Waals surface area contributed by atoms with Crippen LogP contribution < -0.4 is 15.8 Å². The maximum Gasteiger partial charge on any atom is 0.322 e. The highest BCUT2D eigenvalue weighted by molar-refractivity contribution is 5.74. The highest BCUT2D eigenvalue weighted by atomic mass is 16.5. The van der Waals surface area contributed by atoms with E-state index in [-0.39, 0.29) is 12.3 Å². The SMILES string of the molecule is COc1cc(Cc2ccc(O)cc2-c2ccc(NCC(N)C(=O)O)cc2)ccc1CN1CCCC1. The number of phenols is 1. The van der Waals surface area contributed by atoms with Crippen LogP contribution in [-0.4, -0.2) is 53.9 Å². The van der Waals surface area contributed by atoms with Gasteiger partial charge in [-0.25, -0.2) is 0 Å². The largest absolute Gasteiger partial charge is 0.508 e. The first-order chi connectivity index (χ1) is 16.9. The number of aliphatic carboxylic acids is 1. The number of carbonyl (C=O) groups is 1. The number of nitrogens with two attached hydrogens (primary N) is 1. The van der Waals surface area contributed by atoms with Crippen LogP contribution in [0.4, 0.5) is 5.69 Å². The molecule has 3 aromatic carbocycles. The van der Waals surface area contributed by atoms with E-state index in [0.29, 0.717) is 6.42 Å². The number of methoxy groups -OCH3 is 1. The third-order valence-electron chi connectivity index (χ3n) is 6.47. The Hall–Kier alpha value is -3.55. The van der Waals surface area contributed by atoms with Gasteiger partial charge in [-0.1, -0.05) is 30.3 Å². The van der Waals surface area contributed by atoms with E-state index in [1.807, 2.05) is 30.3 Å². The lowest BCUT2D eigenvalue weighted by atomic mass is 9.94. The van der Waals surface area contributed by atoms with Gasteiger partial charge < -0.3 is 26.0 Å². The quantitative estimate of drug-likeness (QED) is 0.350. The Kier molecular flexibility index (Phi) is 7.90. The minimum atomic E-state index is -1.04. The van der Waals surface area contributed by atoms with Crippen LogP contribution in [0.2, 0.25) is 0 Å². The Morgan fingerprint density at radius 3 is 2.46 bits per heavy atom. The normalized spacial score (nSPS) is 14.6. The number of ether oxygens (including phenoxy) is 1. The van der Waals surface area contributed by atoms with Crippen molar-refractivity contribution >= 4 is 11.7 Å². The first kappa shape index (κ1) is 24.6. The molecule has 0 aliphatic carbocycles. The highest BCUT2D eigenvalue weighted by Gasteiger charge is 2.16. The Morgan fingerprint density at radius 2 is 1.77 bits per heavy atom. The van der Waals surface area contributed by atoms with Crippen LogP contribution in [0.1, 0.15) is 29.5 Å². The number of benzene rings is 3. The minimum Gasteiger partial charge on any atom is -0.508 e. The lowest BCUT2D eigenvalue weighted by molar-refractivity contribution is -0.138. The lowest BCUT2D eigenvalue weighted by Crippen LogP contribution is -2.36. The number of carboxylic acid groups (broad SMARTS) is 1. The smallest absolute Gasteiger partial charge is 0.322 e. The van der Waals surface area contributed by atoms with Gasteiger partial charge in [0.2, 0.25) is 0 Å². The van der Waals surface area contributed by atoms with E-state index < -0.39 is 12.0 Å². The van der Waals surface area contributed by atoms with Crippen LogP contribution in [0.15, 0.2) is 60.7 Å². The molecule has 0 amide bonds. The van der Waals surface area contributed by atoms with Crippen molar-refractivity contribution < 1.29 is 19.7 Å². The van der Waals surface area contributed by atoms with Crippen molar-refractivity contribution in [1.82, 2.24) is 4.90 Å². The van der Waals surface area contributed by atoms with Gasteiger partial charge in [0.25, 0.3) is 0 Å². The van der Waals surface area contributed by atoms with E-state index in [2.05, 4.69) is 28.4 Å². The van der Waals surface area contributed by atoms with Crippen LogP contribution in [0.3, 0.4) is 0 Å². The van der Waals surface area contributed by atoms with Gasteiger partial charge in [0.05, 0.1) is 7.11 Å². The molecule has 7 nitrogen and oxygen atoms in total. The number of hydrogen-bond acceptors (Lipinski definition) is 6. The second-order valence-corrected chi connectivity index (χ2v) is 9.05. The van der Waals surface area contributed by atoms with E-state index >= 15 is 0 Å². The molecule has 1 heterocycles. The van der Waals surface area contributed by atoms with E-state index in [0.717, 1.165) is 53.3 Å². The van der Waals surface area contributed by atoms with Gasteiger partial charge in [0.15, 0.2) is 0 Å². The van der Waals surface area contributed by atoms with Crippen molar-refractivity contribution in [3.63, 3.8) is 0 Å². The van der Waals surface area contributed by atoms with E-state index in [4.69, 9.17) is 15.6 Å². The molecule has 3 aromatic rings. The number of rotatable bonds is 10. The zero-order valence-electron chi connectivity index (χ0n) is 20.0. The summed E-state index contributed by atoms with van der Waals surface area (Å²) in [4.78, 5) is 13.4. The highest BCUT2D eigenvalue weighted by Crippen LogP contribution is 2.32. The van der Waals surface area contributed by atoms with Gasteiger partial charge in [0, 0.05) is 24.3 Å². The summed E-state index contributed by atoms with van der Waals surface area (Å²) in [6.45, 7) is 3.33. The van der Waals surface area contributed by atoms with E-state index in [1.54, 1.807) is 19.2 Å². The zero-order chi connectivity index (χ0) is 24.8. The van der Waals surface area contributed by atoms with Crippen molar-refractivity contribution in [2.75, 3.05) is 32.1 Å². The standard InChI is InChI=1S/C28H33N3O4/c1-35-27-15-19(4-5-22(27)18-31-12-2-3-13-31)14-21-8-11-24(32)16-25(21)20-6-9-23(10-7-20)30-17-26(29)28(33)34/h4-11,15-16,26,30,32H,2-3,12-14,17-18,29H2,1H3,(H,33,34). The lowest BCUT2D eigenvalue weighted by Gasteiger charge is -2.18. The first-order valence-corrected chi connectivity index (χ1v) is 12.0. The number of nitrogens with one attached hydrogen (secondary N) is 1. The molecule has 7 heteroatoms. The average molecular weight is 476 g/mol. The van der Waals surface area contributed by atoms with Crippen molar-refractivity contribution in [1.29, 1.82) is 0 Å². The van der Waals surface area contributed by atoms with Gasteiger partial charge in [-0.05, 0) is 84.9 Å². The van der Waals surface area contributed by atoms with Crippen molar-refractivity contribution in [2.24, 2.45) is 5.73 Å². The molecule has 0 saturated carbocycles. The molecule has 4 rings (SSSR count).